The molecule has 0 aliphatic rings. The van der Waals surface area contributed by atoms with Gasteiger partial charge in [0.1, 0.15) is 0 Å². The van der Waals surface area contributed by atoms with E-state index in [2.05, 4.69) is 27.1 Å². The molecule has 0 aromatic heterocycles. The maximum absolute atomic E-state index is 12.6. The number of nitrogens with zero attached hydrogens (tertiary/aromatic N) is 1. The van der Waals surface area contributed by atoms with Crippen molar-refractivity contribution in [1.29, 1.82) is 0 Å². The van der Waals surface area contributed by atoms with Crippen LogP contribution in [0.4, 0.5) is 5.69 Å². The minimum absolute atomic E-state index is 0.102. The summed E-state index contributed by atoms with van der Waals surface area (Å²) in [6, 6.07) is 23.3. The Morgan fingerprint density at radius 3 is 2.12 bits per heavy atom. The van der Waals surface area contributed by atoms with Crippen molar-refractivity contribution in [2.75, 3.05) is 25.4 Å². The van der Waals surface area contributed by atoms with Crippen LogP contribution in [-0.4, -0.2) is 45.9 Å². The Morgan fingerprint density at radius 2 is 1.53 bits per heavy atom. The average molecular weight is 452 g/mol. The number of rotatable bonds is 9. The fourth-order valence-electron chi connectivity index (χ4n) is 3.26. The smallest absolute Gasteiger partial charge is 0.261 e. The molecule has 3 aromatic carbocycles. The summed E-state index contributed by atoms with van der Waals surface area (Å²) in [4.78, 5) is 14.8. The molecule has 0 aliphatic carbocycles. The van der Waals surface area contributed by atoms with Gasteiger partial charge in [0.2, 0.25) is 0 Å². The van der Waals surface area contributed by atoms with Gasteiger partial charge in [-0.3, -0.25) is 9.52 Å². The summed E-state index contributed by atoms with van der Waals surface area (Å²) in [5.41, 5.74) is 3.15. The van der Waals surface area contributed by atoms with Gasteiger partial charge in [-0.15, -0.1) is 0 Å². The summed E-state index contributed by atoms with van der Waals surface area (Å²) < 4.78 is 27.8. The minimum atomic E-state index is -3.73. The van der Waals surface area contributed by atoms with Crippen LogP contribution in [0.1, 0.15) is 21.5 Å². The molecule has 0 aliphatic heterocycles. The van der Waals surface area contributed by atoms with Crippen molar-refractivity contribution in [3.05, 3.63) is 95.6 Å². The number of anilines is 1. The van der Waals surface area contributed by atoms with Gasteiger partial charge in [0.05, 0.1) is 4.90 Å². The first-order chi connectivity index (χ1) is 15.2. The predicted octanol–water partition coefficient (Wildman–Crippen LogP) is 3.70. The normalized spacial score (nSPS) is 12.4. The van der Waals surface area contributed by atoms with Crippen molar-refractivity contribution in [1.82, 2.24) is 10.2 Å². The van der Waals surface area contributed by atoms with Crippen molar-refractivity contribution in [2.45, 2.75) is 24.3 Å². The number of benzene rings is 3. The van der Waals surface area contributed by atoms with Crippen molar-refractivity contribution in [3.8, 4) is 0 Å². The van der Waals surface area contributed by atoms with Crippen molar-refractivity contribution < 1.29 is 13.2 Å². The molecule has 2 N–H and O–H groups in total. The van der Waals surface area contributed by atoms with Gasteiger partial charge in [0, 0.05) is 23.8 Å². The lowest BCUT2D eigenvalue weighted by atomic mass is 10.1. The van der Waals surface area contributed by atoms with Gasteiger partial charge in [0.15, 0.2) is 0 Å². The SMILES string of the molecule is Cc1ccc(NS(=O)(=O)c2ccc(C(=O)NC[C@@H](Cc3ccccc3)N(C)C)cc2)cc1. The van der Waals surface area contributed by atoms with Gasteiger partial charge in [-0.1, -0.05) is 48.0 Å². The van der Waals surface area contributed by atoms with Crippen LogP contribution in [0.2, 0.25) is 0 Å². The van der Waals surface area contributed by atoms with E-state index in [1.807, 2.05) is 51.4 Å². The highest BCUT2D eigenvalue weighted by Crippen LogP contribution is 2.17. The number of carbonyl (C=O) groups is 1. The lowest BCUT2D eigenvalue weighted by molar-refractivity contribution is 0.0941. The first-order valence-corrected chi connectivity index (χ1v) is 11.9. The van der Waals surface area contributed by atoms with E-state index in [-0.39, 0.29) is 16.8 Å². The fourth-order valence-corrected chi connectivity index (χ4v) is 4.32. The highest BCUT2D eigenvalue weighted by Gasteiger charge is 2.17. The molecule has 0 radical (unpaired) electrons. The Bertz CT molecular complexity index is 1130. The number of nitrogens with one attached hydrogen (secondary N) is 2. The second-order valence-electron chi connectivity index (χ2n) is 8.01. The molecule has 0 spiro atoms. The molecule has 32 heavy (non-hydrogen) atoms. The van der Waals surface area contributed by atoms with E-state index in [0.717, 1.165) is 12.0 Å². The van der Waals surface area contributed by atoms with Gasteiger partial charge < -0.3 is 10.2 Å². The molecule has 3 rings (SSSR count). The Kier molecular flexibility index (Phi) is 7.66. The summed E-state index contributed by atoms with van der Waals surface area (Å²) in [5.74, 6) is -0.236. The Balaban J connectivity index is 1.62. The largest absolute Gasteiger partial charge is 0.350 e. The lowest BCUT2D eigenvalue weighted by Crippen LogP contribution is -2.41. The number of amides is 1. The fraction of sp³-hybridized carbons (Fsp3) is 0.240. The predicted molar refractivity (Wildman–Crippen MR) is 128 cm³/mol. The van der Waals surface area contributed by atoms with E-state index in [1.165, 1.54) is 29.8 Å². The quantitative estimate of drug-likeness (QED) is 0.520. The molecule has 7 heteroatoms. The number of carbonyl (C=O) groups excluding carboxylic acids is 1. The number of likely N-dealkylation sites (N-methyl/N-ethyl adjacent to an activating group) is 1. The third-order valence-corrected chi connectivity index (χ3v) is 6.67. The number of sulfonamides is 1. The van der Waals surface area contributed by atoms with Crippen LogP contribution in [0.5, 0.6) is 0 Å². The van der Waals surface area contributed by atoms with E-state index in [1.54, 1.807) is 12.1 Å². The molecule has 0 saturated carbocycles. The zero-order valence-corrected chi connectivity index (χ0v) is 19.4. The molecule has 1 atom stereocenters. The number of aryl methyl sites for hydroxylation is 1. The van der Waals surface area contributed by atoms with Crippen molar-refractivity contribution in [3.63, 3.8) is 0 Å². The molecule has 0 bridgehead atoms. The minimum Gasteiger partial charge on any atom is -0.350 e. The van der Waals surface area contributed by atoms with Crippen molar-refractivity contribution >= 4 is 21.6 Å². The Hall–Kier alpha value is -3.16. The summed E-state index contributed by atoms with van der Waals surface area (Å²) in [6.07, 6.45) is 0.815. The monoisotopic (exact) mass is 451 g/mol. The second kappa shape index (κ2) is 10.4. The summed E-state index contributed by atoms with van der Waals surface area (Å²) in [6.45, 7) is 2.42. The molecule has 1 amide bonds. The molecule has 3 aromatic rings. The third-order valence-electron chi connectivity index (χ3n) is 5.27. The molecule has 0 saturated heterocycles. The van der Waals surface area contributed by atoms with Gasteiger partial charge in [-0.25, -0.2) is 8.42 Å². The Morgan fingerprint density at radius 1 is 0.906 bits per heavy atom. The van der Waals surface area contributed by atoms with Gasteiger partial charge >= 0.3 is 0 Å². The number of hydrogen-bond acceptors (Lipinski definition) is 4. The van der Waals surface area contributed by atoms with E-state index < -0.39 is 10.0 Å². The first kappa shape index (κ1) is 23.5. The third kappa shape index (κ3) is 6.42. The second-order valence-corrected chi connectivity index (χ2v) is 9.70. The van der Waals surface area contributed by atoms with E-state index in [9.17, 15) is 13.2 Å². The van der Waals surface area contributed by atoms with Crippen LogP contribution in [0.25, 0.3) is 0 Å². The molecular formula is C25H29N3O3S. The highest BCUT2D eigenvalue weighted by molar-refractivity contribution is 7.92. The Labute approximate surface area is 190 Å². The van der Waals surface area contributed by atoms with Crippen molar-refractivity contribution in [2.24, 2.45) is 0 Å². The zero-order chi connectivity index (χ0) is 23.1. The molecule has 0 heterocycles. The van der Waals surface area contributed by atoms with Gasteiger partial charge in [0.25, 0.3) is 15.9 Å². The first-order valence-electron chi connectivity index (χ1n) is 10.4. The van der Waals surface area contributed by atoms with Crippen LogP contribution in [0.3, 0.4) is 0 Å². The van der Waals surface area contributed by atoms with Gasteiger partial charge in [-0.2, -0.15) is 0 Å². The standard InChI is InChI=1S/C25H29N3O3S/c1-19-9-13-22(14-10-19)27-32(30,31)24-15-11-21(12-16-24)25(29)26-18-23(28(2)3)17-20-7-5-4-6-8-20/h4-16,23,27H,17-18H2,1-3H3,(H,26,29)/t23-/m1/s1. The highest BCUT2D eigenvalue weighted by atomic mass is 32.2. The summed E-state index contributed by atoms with van der Waals surface area (Å²) >= 11 is 0. The molecule has 0 unspecified atom stereocenters. The molecular weight excluding hydrogens is 422 g/mol. The van der Waals surface area contributed by atoms with Crippen LogP contribution < -0.4 is 10.0 Å². The summed E-state index contributed by atoms with van der Waals surface area (Å²) in [5, 5.41) is 2.96. The van der Waals surface area contributed by atoms with Crippen LogP contribution in [0.15, 0.2) is 83.8 Å². The maximum atomic E-state index is 12.6. The summed E-state index contributed by atoms with van der Waals surface area (Å²) in [7, 11) is 0.245. The lowest BCUT2D eigenvalue weighted by Gasteiger charge is -2.24. The molecule has 0 fully saturated rings. The molecule has 168 valence electrons. The van der Waals surface area contributed by atoms with E-state index >= 15 is 0 Å². The maximum Gasteiger partial charge on any atom is 0.261 e. The average Bonchev–Trinajstić information content (AvgIpc) is 2.78. The van der Waals surface area contributed by atoms with E-state index in [4.69, 9.17) is 0 Å². The van der Waals surface area contributed by atoms with Crippen LogP contribution >= 0.6 is 0 Å². The van der Waals surface area contributed by atoms with Crippen LogP contribution in [-0.2, 0) is 16.4 Å². The van der Waals surface area contributed by atoms with E-state index in [0.29, 0.717) is 17.8 Å². The van der Waals surface area contributed by atoms with Crippen LogP contribution in [0, 0.1) is 6.92 Å². The number of hydrogen-bond donors (Lipinski definition) is 2. The van der Waals surface area contributed by atoms with Gasteiger partial charge in [-0.05, 0) is 69.4 Å². The zero-order valence-electron chi connectivity index (χ0n) is 18.6. The topological polar surface area (TPSA) is 78.5 Å². The molecule has 6 nitrogen and oxygen atoms in total.